The molecule has 1 aliphatic heterocycles. The topological polar surface area (TPSA) is 3.24 Å². The Kier molecular flexibility index (Phi) is 3.18. The fourth-order valence-electron chi connectivity index (χ4n) is 1.26. The number of halogens is 1. The van der Waals surface area contributed by atoms with Gasteiger partial charge in [0.05, 0.1) is 12.7 Å². The van der Waals surface area contributed by atoms with Crippen LogP contribution in [-0.4, -0.2) is 27.9 Å². The molecule has 1 rings (SSSR count). The van der Waals surface area contributed by atoms with Crippen molar-refractivity contribution in [3.63, 3.8) is 0 Å². The summed E-state index contributed by atoms with van der Waals surface area (Å²) in [5.41, 5.74) is 0. The van der Waals surface area contributed by atoms with Crippen molar-refractivity contribution in [3.05, 3.63) is 12.4 Å². The minimum atomic E-state index is 1.06. The lowest BCUT2D eigenvalue weighted by Crippen LogP contribution is -2.34. The van der Waals surface area contributed by atoms with Gasteiger partial charge in [0.1, 0.15) is 6.20 Å². The molecule has 0 bridgehead atoms. The maximum Gasteiger partial charge on any atom is 0.255 e. The number of rotatable bonds is 3. The lowest BCUT2D eigenvalue weighted by molar-refractivity contribution is -0.699. The van der Waals surface area contributed by atoms with E-state index in [1.807, 2.05) is 0 Å². The number of unbranched alkanes of at least 4 members (excludes halogenated alkanes) is 1. The third kappa shape index (κ3) is 2.63. The molecule has 0 aliphatic carbocycles. The molecule has 0 aromatic heterocycles. The summed E-state index contributed by atoms with van der Waals surface area (Å²) in [7, 11) is 2.13. The molecule has 1 unspecified atom stereocenters. The van der Waals surface area contributed by atoms with Crippen molar-refractivity contribution in [2.75, 3.05) is 20.3 Å². The van der Waals surface area contributed by atoms with Gasteiger partial charge in [-0.2, -0.15) is 0 Å². The molecule has 64 valence electrons. The smallest absolute Gasteiger partial charge is 0.255 e. The van der Waals surface area contributed by atoms with Crippen molar-refractivity contribution in [3.8, 4) is 0 Å². The molecule has 0 radical (unpaired) electrons. The lowest BCUT2D eigenvalue weighted by atomic mass is 10.3. The maximum absolute atomic E-state index is 2.51. The number of nitrogens with zero attached hydrogens (tertiary/aromatic N) is 2. The molecule has 1 atom stereocenters. The average molecular weight is 267 g/mol. The average Bonchev–Trinajstić information content (AvgIpc) is 2.28. The molecule has 0 N–H and O–H groups in total. The minimum Gasteiger partial charge on any atom is -0.329 e. The molecule has 0 aromatic rings. The second-order valence-electron chi connectivity index (χ2n) is 3.20. The van der Waals surface area contributed by atoms with E-state index in [1.54, 1.807) is 0 Å². The van der Waals surface area contributed by atoms with Gasteiger partial charge in [0, 0.05) is 7.05 Å². The Bertz CT molecular complexity index is 158. The zero-order valence-corrected chi connectivity index (χ0v) is 9.41. The van der Waals surface area contributed by atoms with Gasteiger partial charge in [0.25, 0.3) is 22.9 Å². The van der Waals surface area contributed by atoms with Gasteiger partial charge < -0.3 is 4.90 Å². The molecule has 2 nitrogen and oxygen atoms in total. The highest BCUT2D eigenvalue weighted by molar-refractivity contribution is 14.1. The third-order valence-electron chi connectivity index (χ3n) is 1.93. The molecule has 0 spiro atoms. The van der Waals surface area contributed by atoms with Crippen molar-refractivity contribution < 1.29 is 2.70 Å². The Hall–Kier alpha value is 0.230. The molecule has 1 aliphatic rings. The van der Waals surface area contributed by atoms with E-state index in [4.69, 9.17) is 0 Å². The van der Waals surface area contributed by atoms with Crippen LogP contribution in [0.25, 0.3) is 0 Å². The van der Waals surface area contributed by atoms with Crippen molar-refractivity contribution in [2.45, 2.75) is 19.8 Å². The number of hydrogen-bond acceptors (Lipinski definition) is 1. The van der Waals surface area contributed by atoms with Gasteiger partial charge in [0.15, 0.2) is 6.67 Å². The van der Waals surface area contributed by atoms with E-state index in [0.29, 0.717) is 0 Å². The first-order valence-corrected chi connectivity index (χ1v) is 5.09. The van der Waals surface area contributed by atoms with E-state index in [1.165, 1.54) is 19.4 Å². The predicted molar refractivity (Wildman–Crippen MR) is 55.8 cm³/mol. The van der Waals surface area contributed by atoms with Crippen LogP contribution in [0.4, 0.5) is 0 Å². The van der Waals surface area contributed by atoms with Crippen LogP contribution < -0.4 is 0 Å². The van der Waals surface area contributed by atoms with E-state index in [0.717, 1.165) is 9.37 Å². The molecule has 11 heavy (non-hydrogen) atoms. The highest BCUT2D eigenvalue weighted by atomic mass is 127. The first kappa shape index (κ1) is 9.32. The molecule has 1 heterocycles. The molecule has 3 heteroatoms. The maximum atomic E-state index is 2.51. The van der Waals surface area contributed by atoms with Crippen LogP contribution in [0.3, 0.4) is 0 Å². The normalized spacial score (nSPS) is 29.9. The van der Waals surface area contributed by atoms with Crippen LogP contribution in [-0.2, 0) is 0 Å². The summed E-state index contributed by atoms with van der Waals surface area (Å²) < 4.78 is 1.06. The van der Waals surface area contributed by atoms with Crippen molar-refractivity contribution in [1.29, 1.82) is 0 Å². The molecule has 0 saturated heterocycles. The van der Waals surface area contributed by atoms with Crippen LogP contribution in [0.15, 0.2) is 12.4 Å². The summed E-state index contributed by atoms with van der Waals surface area (Å²) in [5.74, 6) is 0. The third-order valence-corrected chi connectivity index (χ3v) is 3.04. The number of quaternary nitrogens is 1. The zero-order valence-electron chi connectivity index (χ0n) is 7.26. The fourth-order valence-corrected chi connectivity index (χ4v) is 2.23. The summed E-state index contributed by atoms with van der Waals surface area (Å²) in [4.78, 5) is 2.24. The monoisotopic (exact) mass is 267 g/mol. The summed E-state index contributed by atoms with van der Waals surface area (Å²) in [5, 5.41) is 0. The quantitative estimate of drug-likeness (QED) is 0.560. The Morgan fingerprint density at radius 1 is 1.64 bits per heavy atom. The SMILES string of the molecule is CCCC[N+]1(I)C=CN(C)C1. The van der Waals surface area contributed by atoms with Crippen LogP contribution >= 0.6 is 22.9 Å². The van der Waals surface area contributed by atoms with Crippen molar-refractivity contribution in [1.82, 2.24) is 4.90 Å². The molecule has 0 fully saturated rings. The van der Waals surface area contributed by atoms with Gasteiger partial charge in [-0.1, -0.05) is 13.3 Å². The Morgan fingerprint density at radius 3 is 2.82 bits per heavy atom. The zero-order chi connectivity index (χ0) is 8.32. The summed E-state index contributed by atoms with van der Waals surface area (Å²) >= 11 is 2.51. The van der Waals surface area contributed by atoms with Gasteiger partial charge >= 0.3 is 0 Å². The van der Waals surface area contributed by atoms with E-state index in [2.05, 4.69) is 54.1 Å². The Labute approximate surface area is 82.9 Å². The number of hydrogen-bond donors (Lipinski definition) is 0. The molecule has 0 saturated carbocycles. The second-order valence-corrected chi connectivity index (χ2v) is 5.12. The standard InChI is InChI=1S/C8H16IN2/c1-3-4-6-11(9)7-5-10(2)8-11/h5,7H,3-4,6,8H2,1-2H3/q+1. The molecule has 0 amide bonds. The Morgan fingerprint density at radius 2 is 2.36 bits per heavy atom. The van der Waals surface area contributed by atoms with Gasteiger partial charge in [0.2, 0.25) is 0 Å². The molecular weight excluding hydrogens is 251 g/mol. The Balaban J connectivity index is 2.37. The van der Waals surface area contributed by atoms with Crippen LogP contribution in [0, 0.1) is 0 Å². The highest BCUT2D eigenvalue weighted by Gasteiger charge is 2.27. The molecular formula is C8H16IN2+. The largest absolute Gasteiger partial charge is 0.329 e. The van der Waals surface area contributed by atoms with Crippen LogP contribution in [0.2, 0.25) is 0 Å². The van der Waals surface area contributed by atoms with Crippen LogP contribution in [0.5, 0.6) is 0 Å². The lowest BCUT2D eigenvalue weighted by Gasteiger charge is -2.23. The van der Waals surface area contributed by atoms with E-state index < -0.39 is 0 Å². The first-order valence-electron chi connectivity index (χ1n) is 4.12. The summed E-state index contributed by atoms with van der Waals surface area (Å²) in [6.45, 7) is 4.63. The van der Waals surface area contributed by atoms with Gasteiger partial charge in [-0.15, -0.1) is 0 Å². The highest BCUT2D eigenvalue weighted by Crippen LogP contribution is 2.24. The van der Waals surface area contributed by atoms with E-state index >= 15 is 0 Å². The van der Waals surface area contributed by atoms with Gasteiger partial charge in [-0.25, -0.2) is 2.70 Å². The first-order chi connectivity index (χ1) is 5.16. The fraction of sp³-hybridized carbons (Fsp3) is 0.750. The van der Waals surface area contributed by atoms with Gasteiger partial charge in [-0.3, -0.25) is 0 Å². The minimum absolute atomic E-state index is 1.06. The van der Waals surface area contributed by atoms with E-state index in [9.17, 15) is 0 Å². The molecule has 0 aromatic carbocycles. The van der Waals surface area contributed by atoms with Gasteiger partial charge in [-0.05, 0) is 6.42 Å². The second kappa shape index (κ2) is 3.76. The van der Waals surface area contributed by atoms with Crippen LogP contribution in [0.1, 0.15) is 19.8 Å². The summed E-state index contributed by atoms with van der Waals surface area (Å²) in [6, 6.07) is 0. The predicted octanol–water partition coefficient (Wildman–Crippen LogP) is 2.33. The summed E-state index contributed by atoms with van der Waals surface area (Å²) in [6.07, 6.45) is 7.06. The van der Waals surface area contributed by atoms with Crippen molar-refractivity contribution in [2.24, 2.45) is 0 Å². The van der Waals surface area contributed by atoms with Crippen molar-refractivity contribution >= 4 is 22.9 Å². The van der Waals surface area contributed by atoms with E-state index in [-0.39, 0.29) is 0 Å².